The second-order valence-electron chi connectivity index (χ2n) is 6.77. The highest BCUT2D eigenvalue weighted by molar-refractivity contribution is 5.68. The number of ether oxygens (including phenoxy) is 2. The van der Waals surface area contributed by atoms with E-state index in [1.807, 2.05) is 25.7 Å². The molecule has 2 heterocycles. The van der Waals surface area contributed by atoms with Crippen LogP contribution in [0.3, 0.4) is 0 Å². The molecule has 2 aliphatic heterocycles. The molecule has 0 saturated carbocycles. The van der Waals surface area contributed by atoms with Gasteiger partial charge in [-0.1, -0.05) is 0 Å². The Morgan fingerprint density at radius 1 is 1.47 bits per heavy atom. The lowest BCUT2D eigenvalue weighted by molar-refractivity contribution is -0.0346. The summed E-state index contributed by atoms with van der Waals surface area (Å²) in [6, 6.07) is 0. The normalized spacial score (nSPS) is 31.8. The Morgan fingerprint density at radius 2 is 2.21 bits per heavy atom. The van der Waals surface area contributed by atoms with Gasteiger partial charge in [0.15, 0.2) is 0 Å². The van der Waals surface area contributed by atoms with Crippen molar-refractivity contribution in [2.75, 3.05) is 32.8 Å². The molecule has 2 atom stereocenters. The fraction of sp³-hybridized carbons (Fsp3) is 0.929. The van der Waals surface area contributed by atoms with E-state index in [4.69, 9.17) is 15.2 Å². The first-order valence-corrected chi connectivity index (χ1v) is 7.12. The van der Waals surface area contributed by atoms with E-state index >= 15 is 0 Å². The molecule has 2 N–H and O–H groups in total. The Kier molecular flexibility index (Phi) is 4.06. The smallest absolute Gasteiger partial charge is 0.410 e. The summed E-state index contributed by atoms with van der Waals surface area (Å²) in [6.07, 6.45) is 1.80. The van der Waals surface area contributed by atoms with Gasteiger partial charge in [0, 0.05) is 25.6 Å². The van der Waals surface area contributed by atoms with E-state index in [-0.39, 0.29) is 11.5 Å². The number of amides is 1. The van der Waals surface area contributed by atoms with Gasteiger partial charge in [-0.25, -0.2) is 4.79 Å². The molecule has 0 aromatic carbocycles. The Bertz CT molecular complexity index is 340. The number of carbonyl (C=O) groups excluding carboxylic acids is 1. The minimum absolute atomic E-state index is 0.143. The quantitative estimate of drug-likeness (QED) is 0.786. The first-order chi connectivity index (χ1) is 8.86. The number of likely N-dealkylation sites (tertiary alicyclic amines) is 1. The van der Waals surface area contributed by atoms with Crippen molar-refractivity contribution in [3.05, 3.63) is 0 Å². The molecule has 2 aliphatic rings. The van der Waals surface area contributed by atoms with Crippen LogP contribution in [0.25, 0.3) is 0 Å². The standard InChI is InChI=1S/C14H26N2O3/c1-13(2,3)19-12(17)16-6-4-14(10-16)5-7-18-9-11(14)8-15/h11H,4-10,15H2,1-3H3. The molecular weight excluding hydrogens is 244 g/mol. The average Bonchev–Trinajstić information content (AvgIpc) is 2.73. The Balaban J connectivity index is 2.00. The van der Waals surface area contributed by atoms with E-state index in [2.05, 4.69) is 0 Å². The second-order valence-corrected chi connectivity index (χ2v) is 6.77. The third-order valence-electron chi connectivity index (χ3n) is 4.25. The molecule has 1 spiro atoms. The molecule has 0 aromatic rings. The molecule has 5 heteroatoms. The Labute approximate surface area is 115 Å². The molecule has 2 unspecified atom stereocenters. The van der Waals surface area contributed by atoms with Crippen LogP contribution >= 0.6 is 0 Å². The molecule has 2 fully saturated rings. The zero-order valence-electron chi connectivity index (χ0n) is 12.3. The molecule has 1 amide bonds. The van der Waals surface area contributed by atoms with Crippen molar-refractivity contribution in [1.29, 1.82) is 0 Å². The maximum atomic E-state index is 12.1. The number of nitrogens with zero attached hydrogens (tertiary/aromatic N) is 1. The maximum absolute atomic E-state index is 12.1. The van der Waals surface area contributed by atoms with Crippen molar-refractivity contribution in [3.63, 3.8) is 0 Å². The molecule has 19 heavy (non-hydrogen) atoms. The lowest BCUT2D eigenvalue weighted by atomic mass is 9.71. The topological polar surface area (TPSA) is 64.8 Å². The highest BCUT2D eigenvalue weighted by Gasteiger charge is 2.47. The average molecular weight is 270 g/mol. The Hall–Kier alpha value is -0.810. The fourth-order valence-corrected chi connectivity index (χ4v) is 3.12. The summed E-state index contributed by atoms with van der Waals surface area (Å²) in [5, 5.41) is 0. The van der Waals surface area contributed by atoms with Crippen molar-refractivity contribution in [2.45, 2.75) is 39.2 Å². The van der Waals surface area contributed by atoms with E-state index in [0.717, 1.165) is 39.1 Å². The van der Waals surface area contributed by atoms with Crippen molar-refractivity contribution >= 4 is 6.09 Å². The van der Waals surface area contributed by atoms with Crippen LogP contribution in [0.4, 0.5) is 4.79 Å². The number of hydrogen-bond acceptors (Lipinski definition) is 4. The van der Waals surface area contributed by atoms with Gasteiger partial charge in [0.2, 0.25) is 0 Å². The highest BCUT2D eigenvalue weighted by atomic mass is 16.6. The molecule has 5 nitrogen and oxygen atoms in total. The van der Waals surface area contributed by atoms with E-state index in [9.17, 15) is 4.79 Å². The molecule has 0 aliphatic carbocycles. The largest absolute Gasteiger partial charge is 0.444 e. The number of nitrogens with two attached hydrogens (primary N) is 1. The van der Waals surface area contributed by atoms with E-state index in [0.29, 0.717) is 12.5 Å². The van der Waals surface area contributed by atoms with Crippen LogP contribution < -0.4 is 5.73 Å². The maximum Gasteiger partial charge on any atom is 0.410 e. The van der Waals surface area contributed by atoms with Gasteiger partial charge in [-0.05, 0) is 45.6 Å². The van der Waals surface area contributed by atoms with Crippen LogP contribution in [0.15, 0.2) is 0 Å². The van der Waals surface area contributed by atoms with Gasteiger partial charge in [-0.3, -0.25) is 0 Å². The van der Waals surface area contributed by atoms with Gasteiger partial charge >= 0.3 is 6.09 Å². The molecule has 0 aromatic heterocycles. The van der Waals surface area contributed by atoms with Crippen LogP contribution in [-0.2, 0) is 9.47 Å². The lowest BCUT2D eigenvalue weighted by Gasteiger charge is -2.40. The molecular formula is C14H26N2O3. The zero-order chi connectivity index (χ0) is 14.1. The number of hydrogen-bond donors (Lipinski definition) is 1. The third-order valence-corrected chi connectivity index (χ3v) is 4.25. The van der Waals surface area contributed by atoms with Crippen molar-refractivity contribution in [2.24, 2.45) is 17.1 Å². The lowest BCUT2D eigenvalue weighted by Crippen LogP contribution is -2.46. The molecule has 2 rings (SSSR count). The molecule has 2 saturated heterocycles. The van der Waals surface area contributed by atoms with Gasteiger partial charge in [-0.15, -0.1) is 0 Å². The van der Waals surface area contributed by atoms with Crippen LogP contribution in [0.5, 0.6) is 0 Å². The SMILES string of the molecule is CC(C)(C)OC(=O)N1CCC2(CCOCC2CN)C1. The molecule has 0 radical (unpaired) electrons. The predicted molar refractivity (Wildman–Crippen MR) is 72.8 cm³/mol. The summed E-state index contributed by atoms with van der Waals surface area (Å²) in [4.78, 5) is 14.0. The highest BCUT2D eigenvalue weighted by Crippen LogP contribution is 2.43. The summed E-state index contributed by atoms with van der Waals surface area (Å²) in [5.41, 5.74) is 5.57. The van der Waals surface area contributed by atoms with E-state index in [1.165, 1.54) is 0 Å². The minimum Gasteiger partial charge on any atom is -0.444 e. The second kappa shape index (κ2) is 5.29. The molecule has 110 valence electrons. The molecule has 0 bridgehead atoms. The minimum atomic E-state index is -0.435. The van der Waals surface area contributed by atoms with Gasteiger partial charge < -0.3 is 20.1 Å². The van der Waals surface area contributed by atoms with Crippen molar-refractivity contribution < 1.29 is 14.3 Å². The van der Waals surface area contributed by atoms with E-state index < -0.39 is 5.60 Å². The first-order valence-electron chi connectivity index (χ1n) is 7.12. The summed E-state index contributed by atoms with van der Waals surface area (Å²) in [5.74, 6) is 0.355. The van der Waals surface area contributed by atoms with Crippen molar-refractivity contribution in [1.82, 2.24) is 4.90 Å². The summed E-state index contributed by atoms with van der Waals surface area (Å²) >= 11 is 0. The van der Waals surface area contributed by atoms with Gasteiger partial charge in [0.25, 0.3) is 0 Å². The number of rotatable bonds is 1. The van der Waals surface area contributed by atoms with Crippen LogP contribution in [0.2, 0.25) is 0 Å². The number of carbonyl (C=O) groups is 1. The van der Waals surface area contributed by atoms with Gasteiger partial charge in [-0.2, -0.15) is 0 Å². The van der Waals surface area contributed by atoms with Gasteiger partial charge in [0.1, 0.15) is 5.60 Å². The summed E-state index contributed by atoms with van der Waals surface area (Å²) < 4.78 is 11.0. The summed E-state index contributed by atoms with van der Waals surface area (Å²) in [6.45, 7) is 9.34. The summed E-state index contributed by atoms with van der Waals surface area (Å²) in [7, 11) is 0. The van der Waals surface area contributed by atoms with Crippen LogP contribution in [0, 0.1) is 11.3 Å². The Morgan fingerprint density at radius 3 is 2.84 bits per heavy atom. The monoisotopic (exact) mass is 270 g/mol. The predicted octanol–water partition coefficient (Wildman–Crippen LogP) is 1.61. The first kappa shape index (κ1) is 14.6. The fourth-order valence-electron chi connectivity index (χ4n) is 3.12. The van der Waals surface area contributed by atoms with Crippen LogP contribution in [-0.4, -0.2) is 49.4 Å². The van der Waals surface area contributed by atoms with Gasteiger partial charge in [0.05, 0.1) is 6.61 Å². The van der Waals surface area contributed by atoms with Crippen molar-refractivity contribution in [3.8, 4) is 0 Å². The third kappa shape index (κ3) is 3.20. The zero-order valence-corrected chi connectivity index (χ0v) is 12.3. The van der Waals surface area contributed by atoms with Crippen LogP contribution in [0.1, 0.15) is 33.6 Å². The van der Waals surface area contributed by atoms with E-state index in [1.54, 1.807) is 0 Å².